The van der Waals surface area contributed by atoms with Crippen LogP contribution in [0.25, 0.3) is 11.0 Å². The molecule has 0 saturated heterocycles. The van der Waals surface area contributed by atoms with Gasteiger partial charge in [0.25, 0.3) is 5.91 Å². The van der Waals surface area contributed by atoms with Crippen LogP contribution in [0.2, 0.25) is 0 Å². The Hall–Kier alpha value is -3.95. The summed E-state index contributed by atoms with van der Waals surface area (Å²) < 4.78 is 6.61. The molecule has 0 aliphatic rings. The number of hydrogen-bond donors (Lipinski definition) is 2. The molecule has 0 saturated carbocycles. The van der Waals surface area contributed by atoms with Crippen LogP contribution in [-0.4, -0.2) is 65.0 Å². The average molecular weight is 424 g/mol. The molecule has 0 unspecified atom stereocenters. The molecular formula is C21H24N6O4. The van der Waals surface area contributed by atoms with E-state index in [0.29, 0.717) is 35.4 Å². The van der Waals surface area contributed by atoms with E-state index in [0.717, 1.165) is 5.52 Å². The Labute approximate surface area is 179 Å². The van der Waals surface area contributed by atoms with Gasteiger partial charge in [0.2, 0.25) is 0 Å². The summed E-state index contributed by atoms with van der Waals surface area (Å²) in [6.07, 6.45) is 0. The summed E-state index contributed by atoms with van der Waals surface area (Å²) in [6.45, 7) is 2.71. The number of nitrogens with one attached hydrogen (secondary N) is 2. The largest absolute Gasteiger partial charge is 0.462 e. The number of esters is 1. The average Bonchev–Trinajstić information content (AvgIpc) is 3.15. The molecular weight excluding hydrogens is 400 g/mol. The SMILES string of the molecule is CCOC(=O)c1cccc(NC(=O)NCCn2nnc3cc(C(=O)N(C)C)ccc32)c1. The quantitative estimate of drug-likeness (QED) is 0.561. The second-order valence-electron chi connectivity index (χ2n) is 6.90. The monoisotopic (exact) mass is 424 g/mol. The number of aromatic nitrogens is 3. The molecule has 1 heterocycles. The highest BCUT2D eigenvalue weighted by molar-refractivity contribution is 5.97. The van der Waals surface area contributed by atoms with Crippen molar-refractivity contribution in [3.05, 3.63) is 53.6 Å². The zero-order chi connectivity index (χ0) is 22.4. The fraction of sp³-hybridized carbons (Fsp3) is 0.286. The van der Waals surface area contributed by atoms with Gasteiger partial charge in [-0.3, -0.25) is 4.79 Å². The van der Waals surface area contributed by atoms with E-state index in [9.17, 15) is 14.4 Å². The summed E-state index contributed by atoms with van der Waals surface area (Å²) in [6, 6.07) is 11.3. The molecule has 2 aromatic carbocycles. The molecule has 0 atom stereocenters. The molecule has 0 spiro atoms. The van der Waals surface area contributed by atoms with Crippen molar-refractivity contribution in [2.75, 3.05) is 32.6 Å². The van der Waals surface area contributed by atoms with Gasteiger partial charge in [-0.25, -0.2) is 14.3 Å². The van der Waals surface area contributed by atoms with E-state index in [1.807, 2.05) is 0 Å². The van der Waals surface area contributed by atoms with E-state index >= 15 is 0 Å². The summed E-state index contributed by atoms with van der Waals surface area (Å²) >= 11 is 0. The standard InChI is InChI=1S/C21H24N6O4/c1-4-31-20(29)15-6-5-7-16(12-15)23-21(30)22-10-11-27-18-9-8-14(19(28)26(2)3)13-17(18)24-25-27/h5-9,12-13H,4,10-11H2,1-3H3,(H2,22,23,30). The maximum atomic E-state index is 12.2. The zero-order valence-electron chi connectivity index (χ0n) is 17.6. The van der Waals surface area contributed by atoms with E-state index in [-0.39, 0.29) is 12.5 Å². The van der Waals surface area contributed by atoms with Crippen molar-refractivity contribution >= 4 is 34.6 Å². The van der Waals surface area contributed by atoms with Crippen molar-refractivity contribution in [1.29, 1.82) is 0 Å². The predicted octanol–water partition coefficient (Wildman–Crippen LogP) is 2.13. The highest BCUT2D eigenvalue weighted by Crippen LogP contribution is 2.15. The van der Waals surface area contributed by atoms with Crippen molar-refractivity contribution in [1.82, 2.24) is 25.2 Å². The van der Waals surface area contributed by atoms with Gasteiger partial charge in [0.15, 0.2) is 0 Å². The molecule has 2 N–H and O–H groups in total. The number of amides is 3. The Bertz CT molecular complexity index is 1110. The highest BCUT2D eigenvalue weighted by atomic mass is 16.5. The summed E-state index contributed by atoms with van der Waals surface area (Å²) in [4.78, 5) is 37.5. The van der Waals surface area contributed by atoms with Crippen LogP contribution in [0.3, 0.4) is 0 Å². The number of urea groups is 1. The van der Waals surface area contributed by atoms with Crippen molar-refractivity contribution < 1.29 is 19.1 Å². The van der Waals surface area contributed by atoms with Crippen LogP contribution in [-0.2, 0) is 11.3 Å². The first-order chi connectivity index (χ1) is 14.9. The van der Waals surface area contributed by atoms with E-state index in [4.69, 9.17) is 4.74 Å². The number of carbonyl (C=O) groups is 3. The van der Waals surface area contributed by atoms with Gasteiger partial charge in [0.1, 0.15) is 5.52 Å². The lowest BCUT2D eigenvalue weighted by Gasteiger charge is -2.10. The minimum absolute atomic E-state index is 0.109. The smallest absolute Gasteiger partial charge is 0.338 e. The third-order valence-electron chi connectivity index (χ3n) is 4.41. The maximum absolute atomic E-state index is 12.2. The molecule has 162 valence electrons. The van der Waals surface area contributed by atoms with Crippen LogP contribution in [0.1, 0.15) is 27.6 Å². The first-order valence-corrected chi connectivity index (χ1v) is 9.76. The number of nitrogens with zero attached hydrogens (tertiary/aromatic N) is 4. The Balaban J connectivity index is 1.56. The summed E-state index contributed by atoms with van der Waals surface area (Å²) in [7, 11) is 3.38. The van der Waals surface area contributed by atoms with Crippen LogP contribution < -0.4 is 10.6 Å². The normalized spacial score (nSPS) is 10.5. The number of anilines is 1. The molecule has 0 aliphatic heterocycles. The summed E-state index contributed by atoms with van der Waals surface area (Å²) in [5, 5.41) is 13.6. The fourth-order valence-electron chi connectivity index (χ4n) is 2.92. The molecule has 0 fully saturated rings. The lowest BCUT2D eigenvalue weighted by atomic mass is 10.2. The summed E-state index contributed by atoms with van der Waals surface area (Å²) in [5.74, 6) is -0.554. The molecule has 0 bridgehead atoms. The van der Waals surface area contributed by atoms with Gasteiger partial charge >= 0.3 is 12.0 Å². The lowest BCUT2D eigenvalue weighted by molar-refractivity contribution is 0.0526. The maximum Gasteiger partial charge on any atom is 0.338 e. The topological polar surface area (TPSA) is 118 Å². The number of carbonyl (C=O) groups excluding carboxylic acids is 3. The lowest BCUT2D eigenvalue weighted by Crippen LogP contribution is -2.31. The van der Waals surface area contributed by atoms with E-state index in [1.54, 1.807) is 68.2 Å². The number of rotatable bonds is 7. The molecule has 10 nitrogen and oxygen atoms in total. The number of benzene rings is 2. The Kier molecular flexibility index (Phi) is 6.81. The molecule has 3 aromatic rings. The van der Waals surface area contributed by atoms with Crippen LogP contribution in [0.5, 0.6) is 0 Å². The first-order valence-electron chi connectivity index (χ1n) is 9.76. The minimum Gasteiger partial charge on any atom is -0.462 e. The van der Waals surface area contributed by atoms with Gasteiger partial charge in [0, 0.05) is 31.9 Å². The Morgan fingerprint density at radius 1 is 1.10 bits per heavy atom. The molecule has 1 aromatic heterocycles. The van der Waals surface area contributed by atoms with Gasteiger partial charge in [-0.2, -0.15) is 0 Å². The zero-order valence-corrected chi connectivity index (χ0v) is 17.6. The van der Waals surface area contributed by atoms with Gasteiger partial charge in [-0.1, -0.05) is 11.3 Å². The molecule has 31 heavy (non-hydrogen) atoms. The van der Waals surface area contributed by atoms with Crippen LogP contribution in [0.4, 0.5) is 10.5 Å². The third-order valence-corrected chi connectivity index (χ3v) is 4.41. The number of fused-ring (bicyclic) bond motifs is 1. The molecule has 3 amide bonds. The molecule has 0 radical (unpaired) electrons. The van der Waals surface area contributed by atoms with E-state index in [1.165, 1.54) is 4.90 Å². The predicted molar refractivity (Wildman–Crippen MR) is 115 cm³/mol. The van der Waals surface area contributed by atoms with Crippen molar-refractivity contribution in [2.45, 2.75) is 13.5 Å². The number of hydrogen-bond acceptors (Lipinski definition) is 6. The molecule has 10 heteroatoms. The van der Waals surface area contributed by atoms with Gasteiger partial charge in [-0.05, 0) is 43.3 Å². The van der Waals surface area contributed by atoms with Crippen LogP contribution in [0, 0.1) is 0 Å². The van der Waals surface area contributed by atoms with Gasteiger partial charge in [-0.15, -0.1) is 5.10 Å². The van der Waals surface area contributed by atoms with Gasteiger partial charge in [0.05, 0.1) is 24.2 Å². The van der Waals surface area contributed by atoms with Gasteiger partial charge < -0.3 is 20.3 Å². The number of ether oxygens (including phenoxy) is 1. The van der Waals surface area contributed by atoms with Crippen LogP contribution in [0.15, 0.2) is 42.5 Å². The second-order valence-corrected chi connectivity index (χ2v) is 6.90. The van der Waals surface area contributed by atoms with Crippen molar-refractivity contribution in [2.24, 2.45) is 0 Å². The fourth-order valence-corrected chi connectivity index (χ4v) is 2.92. The first kappa shape index (κ1) is 21.8. The second kappa shape index (κ2) is 9.70. The van der Waals surface area contributed by atoms with Crippen molar-refractivity contribution in [3.63, 3.8) is 0 Å². The summed E-state index contributed by atoms with van der Waals surface area (Å²) in [5.41, 5.74) is 2.74. The Morgan fingerprint density at radius 2 is 1.90 bits per heavy atom. The van der Waals surface area contributed by atoms with Crippen molar-refractivity contribution in [3.8, 4) is 0 Å². The van der Waals surface area contributed by atoms with Crippen LogP contribution >= 0.6 is 0 Å². The minimum atomic E-state index is -0.444. The molecule has 0 aliphatic carbocycles. The van der Waals surface area contributed by atoms with E-state index in [2.05, 4.69) is 20.9 Å². The Morgan fingerprint density at radius 3 is 2.65 bits per heavy atom. The third kappa shape index (κ3) is 5.35. The van der Waals surface area contributed by atoms with E-state index < -0.39 is 12.0 Å². The highest BCUT2D eigenvalue weighted by Gasteiger charge is 2.12. The molecule has 3 rings (SSSR count).